The van der Waals surface area contributed by atoms with Gasteiger partial charge in [-0.05, 0) is 45.9 Å². The standard InChI is InChI=1S/2C25H29O2.C2H6Si.2ClH.Zr/c2*1-24(2,3)21-10-8-19(9-11-21)22-7-5-6-20-12-18(13-23(20)22)14-25(4)15-26-17-27-16-25;1-3-2;;;/h2*5-13H,14-17H2,1-4H3;1-2H3;2*1H;/q2*-1;;;;+4/p-2. The van der Waals surface area contributed by atoms with Crippen molar-refractivity contribution in [2.45, 2.75) is 92.2 Å². The first-order valence-corrected chi connectivity index (χ1v) is 29.3. The van der Waals surface area contributed by atoms with Crippen molar-refractivity contribution in [3.63, 3.8) is 0 Å². The van der Waals surface area contributed by atoms with E-state index in [4.69, 9.17) is 36.0 Å². The van der Waals surface area contributed by atoms with Gasteiger partial charge in [0.1, 0.15) is 13.6 Å². The Morgan fingerprint density at radius 1 is 0.567 bits per heavy atom. The van der Waals surface area contributed by atoms with Crippen molar-refractivity contribution in [3.05, 3.63) is 131 Å². The van der Waals surface area contributed by atoms with Crippen molar-refractivity contribution in [3.8, 4) is 22.3 Å². The summed E-state index contributed by atoms with van der Waals surface area (Å²) < 4.78 is 22.2. The Kier molecular flexibility index (Phi) is 17.7. The molecule has 2 fully saturated rings. The second-order valence-electron chi connectivity index (χ2n) is 19.2. The van der Waals surface area contributed by atoms with Gasteiger partial charge in [-0.3, -0.25) is 0 Å². The molecular weight excluding hydrogens is 879 g/mol. The van der Waals surface area contributed by atoms with E-state index in [-0.39, 0.29) is 21.7 Å². The molecule has 2 aliphatic rings. The molecular formula is C52H64Cl2O4SiZr. The number of halogens is 2. The van der Waals surface area contributed by atoms with E-state index in [1.165, 1.54) is 66.1 Å². The molecule has 2 aliphatic heterocycles. The van der Waals surface area contributed by atoms with E-state index >= 15 is 0 Å². The first-order valence-electron chi connectivity index (χ1n) is 21.0. The van der Waals surface area contributed by atoms with Gasteiger partial charge in [0.15, 0.2) is 0 Å². The summed E-state index contributed by atoms with van der Waals surface area (Å²) in [4.78, 5) is 0. The third-order valence-electron chi connectivity index (χ3n) is 11.1. The van der Waals surface area contributed by atoms with E-state index in [1.54, 1.807) is 0 Å². The molecule has 6 aromatic rings. The molecule has 0 spiro atoms. The first kappa shape index (κ1) is 48.6. The molecule has 8 rings (SSSR count). The van der Waals surface area contributed by atoms with Crippen molar-refractivity contribution in [1.29, 1.82) is 0 Å². The minimum atomic E-state index is -0.826. The summed E-state index contributed by atoms with van der Waals surface area (Å²) in [5.74, 6) is 0. The van der Waals surface area contributed by atoms with Gasteiger partial charge in [-0.15, -0.1) is 69.1 Å². The summed E-state index contributed by atoms with van der Waals surface area (Å²) >= 11 is -0.826. The van der Waals surface area contributed by atoms with Gasteiger partial charge in [0.2, 0.25) is 0 Å². The second kappa shape index (κ2) is 21.8. The van der Waals surface area contributed by atoms with Crippen LogP contribution in [0.25, 0.3) is 43.8 Å². The molecule has 0 saturated carbocycles. The average Bonchev–Trinajstić information content (AvgIpc) is 3.81. The van der Waals surface area contributed by atoms with E-state index in [9.17, 15) is 0 Å². The Morgan fingerprint density at radius 3 is 1.18 bits per heavy atom. The van der Waals surface area contributed by atoms with Gasteiger partial charge >= 0.3 is 37.9 Å². The molecule has 6 aromatic carbocycles. The quantitative estimate of drug-likeness (QED) is 0.123. The van der Waals surface area contributed by atoms with Crippen LogP contribution in [-0.2, 0) is 63.5 Å². The summed E-state index contributed by atoms with van der Waals surface area (Å²) in [7, 11) is 11.0. The van der Waals surface area contributed by atoms with E-state index < -0.39 is 20.8 Å². The maximum absolute atomic E-state index is 5.54. The molecule has 2 heterocycles. The maximum atomic E-state index is 5.54. The number of fused-ring (bicyclic) bond motifs is 2. The normalized spacial score (nSPS) is 16.1. The molecule has 2 radical (unpaired) electrons. The molecule has 0 aromatic heterocycles. The second-order valence-corrected chi connectivity index (χ2v) is 23.9. The summed E-state index contributed by atoms with van der Waals surface area (Å²) in [5, 5.41) is 5.28. The molecule has 4 nitrogen and oxygen atoms in total. The fourth-order valence-corrected chi connectivity index (χ4v) is 8.14. The number of hydrogen-bond donors (Lipinski definition) is 0. The Hall–Kier alpha value is -2.38. The van der Waals surface area contributed by atoms with Crippen LogP contribution >= 0.6 is 17.0 Å². The first-order chi connectivity index (χ1) is 28.5. The summed E-state index contributed by atoms with van der Waals surface area (Å²) in [5.41, 5.74) is 11.1. The average molecular weight is 943 g/mol. The van der Waals surface area contributed by atoms with Crippen LogP contribution in [0.2, 0.25) is 13.1 Å². The fraction of sp³-hybridized carbons (Fsp3) is 0.423. The van der Waals surface area contributed by atoms with Gasteiger partial charge in [-0.1, -0.05) is 140 Å². The minimum absolute atomic E-state index is 0.0527. The van der Waals surface area contributed by atoms with Crippen LogP contribution in [0.3, 0.4) is 0 Å². The molecule has 318 valence electrons. The molecule has 8 heteroatoms. The number of ether oxygens (including phenoxy) is 4. The molecule has 0 unspecified atom stereocenters. The van der Waals surface area contributed by atoms with Gasteiger partial charge in [0.25, 0.3) is 0 Å². The third kappa shape index (κ3) is 13.3. The van der Waals surface area contributed by atoms with E-state index in [1.807, 2.05) is 0 Å². The molecule has 0 N–H and O–H groups in total. The SMILES string of the molecule is CC1(Cc2cc3c(-c4ccc(C(C)(C)C)cc4)cccc3[cH-]2)COCOC1.CC1(Cc2cc3c(-c4ccc(C(C)(C)C)cc4)cccc3[cH-]2)COCOC1.C[Si]C.[Cl][Zr+2][Cl]. The number of hydrogen-bond acceptors (Lipinski definition) is 4. The molecule has 0 bridgehead atoms. The van der Waals surface area contributed by atoms with Gasteiger partial charge in [0.05, 0.1) is 26.4 Å². The van der Waals surface area contributed by atoms with Crippen molar-refractivity contribution < 1.29 is 39.8 Å². The Bertz CT molecular complexity index is 2060. The van der Waals surface area contributed by atoms with E-state index in [0.717, 1.165) is 48.8 Å². The van der Waals surface area contributed by atoms with Crippen molar-refractivity contribution in [2.24, 2.45) is 10.8 Å². The van der Waals surface area contributed by atoms with Gasteiger partial charge < -0.3 is 18.9 Å². The van der Waals surface area contributed by atoms with Gasteiger partial charge in [-0.2, -0.15) is 12.1 Å². The monoisotopic (exact) mass is 940 g/mol. The molecule has 0 atom stereocenters. The van der Waals surface area contributed by atoms with Crippen LogP contribution in [0.4, 0.5) is 0 Å². The van der Waals surface area contributed by atoms with E-state index in [0.29, 0.717) is 13.6 Å². The zero-order chi connectivity index (χ0) is 43.6. The summed E-state index contributed by atoms with van der Waals surface area (Å²) in [6, 6.07) is 40.6. The van der Waals surface area contributed by atoms with Crippen molar-refractivity contribution in [2.75, 3.05) is 40.0 Å². The number of rotatable bonds is 6. The molecule has 0 amide bonds. The van der Waals surface area contributed by atoms with Crippen LogP contribution in [0, 0.1) is 10.8 Å². The molecule has 2 saturated heterocycles. The molecule has 60 heavy (non-hydrogen) atoms. The topological polar surface area (TPSA) is 36.9 Å². The van der Waals surface area contributed by atoms with Crippen LogP contribution in [0.15, 0.2) is 109 Å². The Balaban J connectivity index is 0.000000201. The summed E-state index contributed by atoms with van der Waals surface area (Å²) in [6.45, 7) is 26.2. The third-order valence-corrected chi connectivity index (χ3v) is 11.1. The predicted molar refractivity (Wildman–Crippen MR) is 254 cm³/mol. The van der Waals surface area contributed by atoms with Crippen molar-refractivity contribution in [1.82, 2.24) is 0 Å². The van der Waals surface area contributed by atoms with Gasteiger partial charge in [0, 0.05) is 20.3 Å². The van der Waals surface area contributed by atoms with E-state index in [2.05, 4.69) is 178 Å². The van der Waals surface area contributed by atoms with Crippen LogP contribution in [0.1, 0.15) is 77.6 Å². The van der Waals surface area contributed by atoms with Crippen LogP contribution in [-0.4, -0.2) is 49.5 Å². The Morgan fingerprint density at radius 2 is 0.883 bits per heavy atom. The fourth-order valence-electron chi connectivity index (χ4n) is 8.14. The zero-order valence-corrected chi connectivity index (χ0v) is 42.4. The summed E-state index contributed by atoms with van der Waals surface area (Å²) in [6.07, 6.45) is 1.95. The Labute approximate surface area is 381 Å². The number of benzene rings is 4. The predicted octanol–water partition coefficient (Wildman–Crippen LogP) is 14.3. The van der Waals surface area contributed by atoms with Crippen LogP contribution in [0.5, 0.6) is 0 Å². The zero-order valence-electron chi connectivity index (χ0n) is 37.4. The van der Waals surface area contributed by atoms with Crippen LogP contribution < -0.4 is 0 Å². The van der Waals surface area contributed by atoms with Gasteiger partial charge in [-0.25, -0.2) is 0 Å². The van der Waals surface area contributed by atoms with Crippen molar-refractivity contribution >= 4 is 48.1 Å². The molecule has 0 aliphatic carbocycles.